The molecular weight excluding hydrogens is 208 g/mol. The summed E-state index contributed by atoms with van der Waals surface area (Å²) < 4.78 is 1.45. The van der Waals surface area contributed by atoms with Gasteiger partial charge in [-0.05, 0) is 12.1 Å². The minimum Gasteiger partial charge on any atom is -0.475 e. The molecule has 0 aliphatic heterocycles. The highest BCUT2D eigenvalue weighted by molar-refractivity contribution is 5.84. The normalized spacial score (nSPS) is 10.1. The van der Waals surface area contributed by atoms with Gasteiger partial charge in [0.25, 0.3) is 0 Å². The number of rotatable bonds is 3. The maximum atomic E-state index is 11.0. The molecule has 0 unspecified atom stereocenters. The molecule has 0 saturated carbocycles. The maximum absolute atomic E-state index is 11.0. The molecule has 0 saturated heterocycles. The Balaban J connectivity index is 2.62. The number of nitrogens with one attached hydrogen (secondary N) is 1. The lowest BCUT2D eigenvalue weighted by Gasteiger charge is -2.06. The predicted octanol–water partition coefficient (Wildman–Crippen LogP) is 1.01. The molecule has 1 aromatic heterocycles. The Kier molecular flexibility index (Phi) is 2.55. The molecule has 0 radical (unpaired) electrons. The number of hydrogen-bond acceptors (Lipinski definition) is 4. The fourth-order valence-electron chi connectivity index (χ4n) is 1.41. The third-order valence-corrected chi connectivity index (χ3v) is 2.09. The molecule has 0 spiro atoms. The topological polar surface area (TPSA) is 80.0 Å². The fraction of sp³-hybridized carbons (Fsp3) is 0.100. The summed E-state index contributed by atoms with van der Waals surface area (Å²) in [6, 6.07) is 9.07. The molecule has 0 bridgehead atoms. The lowest BCUT2D eigenvalue weighted by molar-refractivity contribution is 0.0681. The van der Waals surface area contributed by atoms with Crippen LogP contribution in [0.5, 0.6) is 0 Å². The molecule has 6 nitrogen and oxygen atoms in total. The number of aromatic nitrogens is 3. The number of aromatic carboxylic acids is 1. The van der Waals surface area contributed by atoms with E-state index in [1.165, 1.54) is 4.57 Å². The molecule has 1 heterocycles. The van der Waals surface area contributed by atoms with E-state index in [2.05, 4.69) is 15.5 Å². The van der Waals surface area contributed by atoms with Crippen molar-refractivity contribution in [1.82, 2.24) is 14.8 Å². The summed E-state index contributed by atoms with van der Waals surface area (Å²) in [4.78, 5) is 11.0. The molecule has 0 amide bonds. The van der Waals surface area contributed by atoms with Gasteiger partial charge in [0.15, 0.2) is 0 Å². The number of hydrogen-bond donors (Lipinski definition) is 2. The zero-order chi connectivity index (χ0) is 11.5. The lowest BCUT2D eigenvalue weighted by Crippen LogP contribution is -2.10. The number of anilines is 1. The first-order chi connectivity index (χ1) is 7.74. The fourth-order valence-corrected chi connectivity index (χ4v) is 1.41. The molecule has 0 atom stereocenters. The first-order valence-electron chi connectivity index (χ1n) is 4.66. The number of benzene rings is 1. The third-order valence-electron chi connectivity index (χ3n) is 2.09. The van der Waals surface area contributed by atoms with Crippen molar-refractivity contribution >= 4 is 11.9 Å². The van der Waals surface area contributed by atoms with E-state index in [0.29, 0.717) is 11.6 Å². The van der Waals surface area contributed by atoms with Crippen LogP contribution in [0, 0.1) is 0 Å². The average Bonchev–Trinajstić information content (AvgIpc) is 2.73. The molecule has 2 N–H and O–H groups in total. The van der Waals surface area contributed by atoms with E-state index in [9.17, 15) is 4.79 Å². The molecule has 2 rings (SSSR count). The van der Waals surface area contributed by atoms with Gasteiger partial charge in [-0.1, -0.05) is 18.2 Å². The van der Waals surface area contributed by atoms with Crippen LogP contribution in [0.2, 0.25) is 0 Å². The van der Waals surface area contributed by atoms with Crippen LogP contribution >= 0.6 is 0 Å². The van der Waals surface area contributed by atoms with Crippen LogP contribution in [0.3, 0.4) is 0 Å². The predicted molar refractivity (Wildman–Crippen MR) is 57.9 cm³/mol. The summed E-state index contributed by atoms with van der Waals surface area (Å²) in [5.41, 5.74) is 0.703. The molecule has 6 heteroatoms. The molecule has 1 aromatic carbocycles. The van der Waals surface area contributed by atoms with Gasteiger partial charge in [-0.25, -0.2) is 4.79 Å². The molecular formula is C10H10N4O2. The van der Waals surface area contributed by atoms with E-state index in [-0.39, 0.29) is 5.82 Å². The lowest BCUT2D eigenvalue weighted by atomic mass is 10.3. The standard InChI is InChI=1S/C10H10N4O2/c1-11-10-13-12-8(9(15)16)14(10)7-5-3-2-4-6-7/h2-6H,1H3,(H,11,13)(H,15,16). The Morgan fingerprint density at radius 3 is 2.56 bits per heavy atom. The van der Waals surface area contributed by atoms with Gasteiger partial charge in [0.2, 0.25) is 11.8 Å². The first-order valence-corrected chi connectivity index (χ1v) is 4.66. The van der Waals surface area contributed by atoms with Gasteiger partial charge in [0.1, 0.15) is 0 Å². The quantitative estimate of drug-likeness (QED) is 0.803. The van der Waals surface area contributed by atoms with Crippen molar-refractivity contribution in [3.8, 4) is 5.69 Å². The van der Waals surface area contributed by atoms with E-state index in [4.69, 9.17) is 5.11 Å². The largest absolute Gasteiger partial charge is 0.475 e. The Bertz CT molecular complexity index is 507. The minimum absolute atomic E-state index is 0.115. The minimum atomic E-state index is -1.11. The highest BCUT2D eigenvalue weighted by Crippen LogP contribution is 2.15. The van der Waals surface area contributed by atoms with Crippen LogP contribution in [-0.4, -0.2) is 32.9 Å². The molecule has 0 fully saturated rings. The monoisotopic (exact) mass is 218 g/mol. The van der Waals surface area contributed by atoms with Crippen molar-refractivity contribution in [2.24, 2.45) is 0 Å². The Labute approximate surface area is 91.6 Å². The summed E-state index contributed by atoms with van der Waals surface area (Å²) in [7, 11) is 1.66. The second-order valence-corrected chi connectivity index (χ2v) is 3.07. The van der Waals surface area contributed by atoms with Crippen molar-refractivity contribution < 1.29 is 9.90 Å². The van der Waals surface area contributed by atoms with E-state index >= 15 is 0 Å². The van der Waals surface area contributed by atoms with Crippen LogP contribution in [0.4, 0.5) is 5.95 Å². The summed E-state index contributed by atoms with van der Waals surface area (Å²) in [6.45, 7) is 0. The van der Waals surface area contributed by atoms with Crippen LogP contribution in [0.25, 0.3) is 5.69 Å². The number of carboxylic acids is 1. The van der Waals surface area contributed by atoms with Crippen molar-refractivity contribution in [1.29, 1.82) is 0 Å². The zero-order valence-electron chi connectivity index (χ0n) is 8.58. The highest BCUT2D eigenvalue weighted by atomic mass is 16.4. The number of carboxylic acid groups (broad SMARTS) is 1. The second kappa shape index (κ2) is 4.01. The van der Waals surface area contributed by atoms with Gasteiger partial charge in [-0.2, -0.15) is 0 Å². The second-order valence-electron chi connectivity index (χ2n) is 3.07. The first kappa shape index (κ1) is 10.2. The van der Waals surface area contributed by atoms with Crippen LogP contribution < -0.4 is 5.32 Å². The van der Waals surface area contributed by atoms with Crippen molar-refractivity contribution in [3.05, 3.63) is 36.2 Å². The van der Waals surface area contributed by atoms with E-state index < -0.39 is 5.97 Å². The third kappa shape index (κ3) is 1.60. The van der Waals surface area contributed by atoms with E-state index in [1.54, 1.807) is 19.2 Å². The molecule has 0 aliphatic carbocycles. The van der Waals surface area contributed by atoms with E-state index in [0.717, 1.165) is 0 Å². The van der Waals surface area contributed by atoms with Gasteiger partial charge in [0.05, 0.1) is 5.69 Å². The maximum Gasteiger partial charge on any atom is 0.374 e. The Hall–Kier alpha value is -2.37. The van der Waals surface area contributed by atoms with Gasteiger partial charge in [0, 0.05) is 7.05 Å². The Morgan fingerprint density at radius 2 is 2.00 bits per heavy atom. The SMILES string of the molecule is CNc1nnc(C(=O)O)n1-c1ccccc1. The summed E-state index contributed by atoms with van der Waals surface area (Å²) in [6.07, 6.45) is 0. The van der Waals surface area contributed by atoms with Gasteiger partial charge in [-0.3, -0.25) is 4.57 Å². The van der Waals surface area contributed by atoms with Gasteiger partial charge >= 0.3 is 5.97 Å². The zero-order valence-corrected chi connectivity index (χ0v) is 8.58. The van der Waals surface area contributed by atoms with Crippen molar-refractivity contribution in [3.63, 3.8) is 0 Å². The summed E-state index contributed by atoms with van der Waals surface area (Å²) >= 11 is 0. The van der Waals surface area contributed by atoms with Crippen molar-refractivity contribution in [2.45, 2.75) is 0 Å². The Morgan fingerprint density at radius 1 is 1.31 bits per heavy atom. The summed E-state index contributed by atoms with van der Waals surface area (Å²) in [5, 5.41) is 19.1. The smallest absolute Gasteiger partial charge is 0.374 e. The molecule has 2 aromatic rings. The van der Waals surface area contributed by atoms with Gasteiger partial charge < -0.3 is 10.4 Å². The summed E-state index contributed by atoms with van der Waals surface area (Å²) in [5.74, 6) is -0.836. The molecule has 82 valence electrons. The number of nitrogens with zero attached hydrogens (tertiary/aromatic N) is 3. The van der Waals surface area contributed by atoms with Crippen LogP contribution in [-0.2, 0) is 0 Å². The average molecular weight is 218 g/mol. The molecule has 0 aliphatic rings. The van der Waals surface area contributed by atoms with Crippen molar-refractivity contribution in [2.75, 3.05) is 12.4 Å². The van der Waals surface area contributed by atoms with Crippen LogP contribution in [0.1, 0.15) is 10.6 Å². The highest BCUT2D eigenvalue weighted by Gasteiger charge is 2.18. The number of para-hydroxylation sites is 1. The van der Waals surface area contributed by atoms with Crippen LogP contribution in [0.15, 0.2) is 30.3 Å². The van der Waals surface area contributed by atoms with Gasteiger partial charge in [-0.15, -0.1) is 10.2 Å². The number of carbonyl (C=O) groups is 1. The van der Waals surface area contributed by atoms with E-state index in [1.807, 2.05) is 18.2 Å². The molecule has 16 heavy (non-hydrogen) atoms.